The molecule has 0 aromatic carbocycles. The van der Waals surface area contributed by atoms with E-state index in [1.807, 2.05) is 4.90 Å². The lowest BCUT2D eigenvalue weighted by Gasteiger charge is -2.34. The first-order chi connectivity index (χ1) is 10.6. The predicted molar refractivity (Wildman–Crippen MR) is 73.4 cm³/mol. The number of hydrogen-bond donors (Lipinski definition) is 0. The van der Waals surface area contributed by atoms with Crippen molar-refractivity contribution in [2.75, 3.05) is 26.2 Å². The van der Waals surface area contributed by atoms with Crippen molar-refractivity contribution in [1.29, 1.82) is 0 Å². The molecule has 118 valence electrons. The fraction of sp³-hybridized carbons (Fsp3) is 0.429. The molecule has 1 aliphatic heterocycles. The summed E-state index contributed by atoms with van der Waals surface area (Å²) in [6, 6.07) is 3.31. The van der Waals surface area contributed by atoms with Gasteiger partial charge in [-0.3, -0.25) is 14.3 Å². The third-order valence-corrected chi connectivity index (χ3v) is 3.72. The summed E-state index contributed by atoms with van der Waals surface area (Å²) < 4.78 is 31.5. The van der Waals surface area contributed by atoms with E-state index in [1.165, 1.54) is 18.7 Å². The third kappa shape index (κ3) is 3.01. The topological polar surface area (TPSA) is 54.5 Å². The minimum Gasteiger partial charge on any atom is -0.459 e. The van der Waals surface area contributed by atoms with Gasteiger partial charge < -0.3 is 9.32 Å². The molecule has 3 rings (SSSR count). The van der Waals surface area contributed by atoms with Gasteiger partial charge in [0.1, 0.15) is 5.82 Å². The molecular formula is C14H16F2N4O2. The Kier molecular flexibility index (Phi) is 4.19. The highest BCUT2D eigenvalue weighted by Crippen LogP contribution is 2.15. The van der Waals surface area contributed by atoms with E-state index in [4.69, 9.17) is 4.42 Å². The zero-order valence-corrected chi connectivity index (χ0v) is 11.9. The molecule has 1 saturated heterocycles. The minimum atomic E-state index is -2.58. The maximum Gasteiger partial charge on any atom is 0.319 e. The summed E-state index contributed by atoms with van der Waals surface area (Å²) in [5.41, 5.74) is 0. The summed E-state index contributed by atoms with van der Waals surface area (Å²) in [7, 11) is 0. The number of hydrogen-bond acceptors (Lipinski definition) is 4. The first kappa shape index (κ1) is 14.7. The zero-order valence-electron chi connectivity index (χ0n) is 11.9. The van der Waals surface area contributed by atoms with Gasteiger partial charge in [0, 0.05) is 38.6 Å². The van der Waals surface area contributed by atoms with Crippen LogP contribution in [0.2, 0.25) is 0 Å². The fourth-order valence-corrected chi connectivity index (χ4v) is 2.51. The number of alkyl halides is 2. The van der Waals surface area contributed by atoms with E-state index >= 15 is 0 Å². The summed E-state index contributed by atoms with van der Waals surface area (Å²) >= 11 is 0. The Labute approximate surface area is 125 Å². The molecule has 0 saturated carbocycles. The molecule has 22 heavy (non-hydrogen) atoms. The van der Waals surface area contributed by atoms with Gasteiger partial charge in [-0.1, -0.05) is 0 Å². The Morgan fingerprint density at radius 1 is 1.32 bits per heavy atom. The zero-order chi connectivity index (χ0) is 15.5. The van der Waals surface area contributed by atoms with Crippen LogP contribution >= 0.6 is 0 Å². The molecule has 0 radical (unpaired) electrons. The molecule has 0 spiro atoms. The molecule has 2 aromatic heterocycles. The monoisotopic (exact) mass is 310 g/mol. The SMILES string of the molecule is O=C(c1ccco1)N1CCN(Cc2nccn2C(F)F)CC1. The molecule has 1 aliphatic rings. The highest BCUT2D eigenvalue weighted by atomic mass is 19.3. The standard InChI is InChI=1S/C14H16F2N4O2/c15-14(16)20-4-3-17-12(20)10-18-5-7-19(8-6-18)13(21)11-2-1-9-22-11/h1-4,9,14H,5-8,10H2. The summed E-state index contributed by atoms with van der Waals surface area (Å²) in [4.78, 5) is 19.8. The lowest BCUT2D eigenvalue weighted by molar-refractivity contribution is 0.0538. The quantitative estimate of drug-likeness (QED) is 0.864. The van der Waals surface area contributed by atoms with Crippen LogP contribution in [0.4, 0.5) is 8.78 Å². The second kappa shape index (κ2) is 6.27. The lowest BCUT2D eigenvalue weighted by Crippen LogP contribution is -2.48. The van der Waals surface area contributed by atoms with Crippen molar-refractivity contribution in [2.45, 2.75) is 13.1 Å². The second-order valence-corrected chi connectivity index (χ2v) is 5.07. The predicted octanol–water partition coefficient (Wildman–Crippen LogP) is 1.83. The van der Waals surface area contributed by atoms with Crippen LogP contribution in [0.1, 0.15) is 22.9 Å². The largest absolute Gasteiger partial charge is 0.459 e. The van der Waals surface area contributed by atoms with Crippen LogP contribution in [-0.4, -0.2) is 51.4 Å². The van der Waals surface area contributed by atoms with Gasteiger partial charge in [-0.05, 0) is 12.1 Å². The number of carbonyl (C=O) groups is 1. The van der Waals surface area contributed by atoms with Crippen molar-refractivity contribution in [3.63, 3.8) is 0 Å². The molecule has 0 bridgehead atoms. The maximum absolute atomic E-state index is 12.8. The lowest BCUT2D eigenvalue weighted by atomic mass is 10.3. The first-order valence-electron chi connectivity index (χ1n) is 7.00. The summed E-state index contributed by atoms with van der Waals surface area (Å²) in [5, 5.41) is 0. The highest BCUT2D eigenvalue weighted by Gasteiger charge is 2.24. The van der Waals surface area contributed by atoms with Crippen molar-refractivity contribution in [2.24, 2.45) is 0 Å². The molecule has 6 nitrogen and oxygen atoms in total. The van der Waals surface area contributed by atoms with Crippen LogP contribution < -0.4 is 0 Å². The van der Waals surface area contributed by atoms with E-state index in [2.05, 4.69) is 4.98 Å². The van der Waals surface area contributed by atoms with Gasteiger partial charge in [-0.2, -0.15) is 8.78 Å². The van der Waals surface area contributed by atoms with Crippen molar-refractivity contribution in [3.05, 3.63) is 42.4 Å². The van der Waals surface area contributed by atoms with Crippen LogP contribution in [0, 0.1) is 0 Å². The van der Waals surface area contributed by atoms with Gasteiger partial charge in [0.05, 0.1) is 12.8 Å². The number of amides is 1. The number of carbonyl (C=O) groups excluding carboxylic acids is 1. The molecule has 0 unspecified atom stereocenters. The summed E-state index contributed by atoms with van der Waals surface area (Å²) in [6.07, 6.45) is 4.11. The van der Waals surface area contributed by atoms with Crippen LogP contribution in [-0.2, 0) is 6.54 Å². The van der Waals surface area contributed by atoms with Crippen LogP contribution in [0.15, 0.2) is 35.2 Å². The average Bonchev–Trinajstić information content (AvgIpc) is 3.18. The Hall–Kier alpha value is -2.22. The van der Waals surface area contributed by atoms with E-state index < -0.39 is 6.55 Å². The van der Waals surface area contributed by atoms with Gasteiger partial charge in [-0.25, -0.2) is 4.98 Å². The fourth-order valence-electron chi connectivity index (χ4n) is 2.51. The number of rotatable bonds is 4. The molecular weight excluding hydrogens is 294 g/mol. The van der Waals surface area contributed by atoms with E-state index in [0.717, 1.165) is 4.57 Å². The van der Waals surface area contributed by atoms with Gasteiger partial charge in [0.15, 0.2) is 5.76 Å². The van der Waals surface area contributed by atoms with E-state index in [-0.39, 0.29) is 5.91 Å². The van der Waals surface area contributed by atoms with Gasteiger partial charge in [-0.15, -0.1) is 0 Å². The normalized spacial score (nSPS) is 16.4. The highest BCUT2D eigenvalue weighted by molar-refractivity contribution is 5.91. The summed E-state index contributed by atoms with van der Waals surface area (Å²) in [6.45, 7) is 0.0639. The number of imidazole rings is 1. The van der Waals surface area contributed by atoms with E-state index in [9.17, 15) is 13.6 Å². The van der Waals surface area contributed by atoms with Crippen molar-refractivity contribution >= 4 is 5.91 Å². The summed E-state index contributed by atoms with van der Waals surface area (Å²) in [5.74, 6) is 0.515. The smallest absolute Gasteiger partial charge is 0.319 e. The number of aromatic nitrogens is 2. The van der Waals surface area contributed by atoms with Crippen LogP contribution in [0.25, 0.3) is 0 Å². The molecule has 8 heteroatoms. The molecule has 3 heterocycles. The van der Waals surface area contributed by atoms with Crippen LogP contribution in [0.5, 0.6) is 0 Å². The third-order valence-electron chi connectivity index (χ3n) is 3.72. The number of furan rings is 1. The molecule has 0 N–H and O–H groups in total. The van der Waals surface area contributed by atoms with E-state index in [1.54, 1.807) is 17.0 Å². The Bertz CT molecular complexity index is 619. The van der Waals surface area contributed by atoms with Gasteiger partial charge in [0.2, 0.25) is 0 Å². The van der Waals surface area contributed by atoms with Gasteiger partial charge in [0.25, 0.3) is 5.91 Å². The number of nitrogens with zero attached hydrogens (tertiary/aromatic N) is 4. The van der Waals surface area contributed by atoms with Crippen molar-refractivity contribution < 1.29 is 18.0 Å². The van der Waals surface area contributed by atoms with Crippen molar-refractivity contribution in [3.8, 4) is 0 Å². The minimum absolute atomic E-state index is 0.140. The number of halogens is 2. The van der Waals surface area contributed by atoms with Gasteiger partial charge >= 0.3 is 6.55 Å². The Balaban J connectivity index is 1.56. The van der Waals surface area contributed by atoms with E-state index in [0.29, 0.717) is 44.3 Å². The molecule has 1 fully saturated rings. The van der Waals surface area contributed by atoms with Crippen LogP contribution in [0.3, 0.4) is 0 Å². The first-order valence-corrected chi connectivity index (χ1v) is 7.00. The molecule has 1 amide bonds. The molecule has 0 atom stereocenters. The average molecular weight is 310 g/mol. The molecule has 0 aliphatic carbocycles. The number of piperazine rings is 1. The Morgan fingerprint density at radius 2 is 2.09 bits per heavy atom. The second-order valence-electron chi connectivity index (χ2n) is 5.07. The van der Waals surface area contributed by atoms with Crippen molar-refractivity contribution in [1.82, 2.24) is 19.4 Å². The maximum atomic E-state index is 12.8. The molecule has 2 aromatic rings. The Morgan fingerprint density at radius 3 is 2.73 bits per heavy atom.